The molecule has 31 heavy (non-hydrogen) atoms. The van der Waals surface area contributed by atoms with Gasteiger partial charge in [0.1, 0.15) is 23.1 Å². The van der Waals surface area contributed by atoms with Gasteiger partial charge in [-0.3, -0.25) is 0 Å². The molecule has 0 spiro atoms. The maximum Gasteiger partial charge on any atom is 0.319 e. The predicted octanol–water partition coefficient (Wildman–Crippen LogP) is 2.93. The number of H-pyrrole nitrogens is 1. The van der Waals surface area contributed by atoms with Crippen LogP contribution in [0.3, 0.4) is 0 Å². The van der Waals surface area contributed by atoms with Gasteiger partial charge in [0.15, 0.2) is 0 Å². The maximum atomic E-state index is 14.3. The van der Waals surface area contributed by atoms with Crippen molar-refractivity contribution >= 4 is 11.5 Å². The van der Waals surface area contributed by atoms with Crippen molar-refractivity contribution in [2.75, 3.05) is 11.4 Å². The third kappa shape index (κ3) is 2.85. The van der Waals surface area contributed by atoms with Crippen LogP contribution in [0.15, 0.2) is 53.3 Å². The molecule has 0 saturated carbocycles. The predicted molar refractivity (Wildman–Crippen MR) is 104 cm³/mol. The van der Waals surface area contributed by atoms with E-state index in [1.807, 2.05) is 4.90 Å². The Morgan fingerprint density at radius 3 is 2.94 bits per heavy atom. The van der Waals surface area contributed by atoms with Crippen molar-refractivity contribution in [2.45, 2.75) is 12.5 Å². The molecule has 9 nitrogen and oxygen atoms in total. The number of nitrogens with one attached hydrogen (secondary N) is 1. The number of aromatic amines is 1. The summed E-state index contributed by atoms with van der Waals surface area (Å²) in [6, 6.07) is 8.76. The second-order valence-corrected chi connectivity index (χ2v) is 7.10. The summed E-state index contributed by atoms with van der Waals surface area (Å²) in [5.41, 5.74) is 2.89. The van der Waals surface area contributed by atoms with Crippen molar-refractivity contribution in [3.63, 3.8) is 0 Å². The molecule has 0 amide bonds. The molecule has 6 rings (SSSR count). The monoisotopic (exact) mass is 420 g/mol. The Kier molecular flexibility index (Phi) is 3.82. The van der Waals surface area contributed by atoms with E-state index in [1.54, 1.807) is 30.7 Å². The summed E-state index contributed by atoms with van der Waals surface area (Å²) in [7, 11) is 0. The van der Waals surface area contributed by atoms with Crippen LogP contribution in [0, 0.1) is 11.8 Å². The number of imidazole rings is 1. The summed E-state index contributed by atoms with van der Waals surface area (Å²) >= 11 is 0. The van der Waals surface area contributed by atoms with Gasteiger partial charge in [0.25, 0.3) is 5.89 Å². The minimum Gasteiger partial charge on any atom is -0.402 e. The average Bonchev–Trinajstić information content (AvgIpc) is 3.52. The Bertz CT molecular complexity index is 1410. The molecule has 1 aliphatic rings. The van der Waals surface area contributed by atoms with Crippen LogP contribution in [0.1, 0.15) is 23.1 Å². The Hall–Kier alpha value is -4.15. The van der Waals surface area contributed by atoms with E-state index in [0.29, 0.717) is 24.2 Å². The third-order valence-electron chi connectivity index (χ3n) is 5.27. The molecule has 1 aliphatic heterocycles. The quantitative estimate of drug-likeness (QED) is 0.448. The molecule has 0 saturated heterocycles. The van der Waals surface area contributed by atoms with Gasteiger partial charge < -0.3 is 14.3 Å². The third-order valence-corrected chi connectivity index (χ3v) is 5.27. The molecule has 6 heterocycles. The van der Waals surface area contributed by atoms with Crippen LogP contribution >= 0.6 is 0 Å². The van der Waals surface area contributed by atoms with Gasteiger partial charge in [-0.05, 0) is 30.3 Å². The highest BCUT2D eigenvalue weighted by atomic mass is 19.1. The molecule has 0 unspecified atom stereocenters. The van der Waals surface area contributed by atoms with Crippen molar-refractivity contribution < 1.29 is 13.2 Å². The Balaban J connectivity index is 1.45. The van der Waals surface area contributed by atoms with Crippen LogP contribution in [0.2, 0.25) is 0 Å². The zero-order chi connectivity index (χ0) is 20.9. The first-order valence-electron chi connectivity index (χ1n) is 9.56. The van der Waals surface area contributed by atoms with E-state index in [-0.39, 0.29) is 23.4 Å². The van der Waals surface area contributed by atoms with E-state index < -0.39 is 12.0 Å². The minimum absolute atomic E-state index is 0.0992. The molecule has 11 heteroatoms. The number of nitrogens with zero attached hydrogens (tertiary/aromatic N) is 7. The number of halogens is 2. The minimum atomic E-state index is -0.638. The number of rotatable bonds is 3. The highest BCUT2D eigenvalue weighted by molar-refractivity contribution is 5.54. The first-order valence-corrected chi connectivity index (χ1v) is 9.56. The van der Waals surface area contributed by atoms with Crippen LogP contribution in [0.4, 0.5) is 14.8 Å². The number of pyridine rings is 2. The molecule has 5 aromatic heterocycles. The van der Waals surface area contributed by atoms with Crippen molar-refractivity contribution in [3.8, 4) is 11.6 Å². The Labute approximate surface area is 173 Å². The van der Waals surface area contributed by atoms with Crippen molar-refractivity contribution in [2.24, 2.45) is 0 Å². The molecular formula is C20H14F2N8O. The van der Waals surface area contributed by atoms with Gasteiger partial charge in [-0.2, -0.15) is 9.49 Å². The smallest absolute Gasteiger partial charge is 0.319 e. The fraction of sp³-hybridized carbons (Fsp3) is 0.150. The summed E-state index contributed by atoms with van der Waals surface area (Å²) in [5, 5.41) is 12.7. The molecule has 0 radical (unpaired) electrons. The number of anilines is 1. The summed E-state index contributed by atoms with van der Waals surface area (Å²) in [4.78, 5) is 13.3. The van der Waals surface area contributed by atoms with E-state index in [0.717, 1.165) is 11.4 Å². The van der Waals surface area contributed by atoms with Crippen molar-refractivity contribution in [1.82, 2.24) is 34.8 Å². The second kappa shape index (κ2) is 6.69. The zero-order valence-electron chi connectivity index (χ0n) is 15.9. The molecule has 0 bridgehead atoms. The highest BCUT2D eigenvalue weighted by Crippen LogP contribution is 2.37. The molecule has 0 aliphatic carbocycles. The maximum absolute atomic E-state index is 14.3. The van der Waals surface area contributed by atoms with Crippen LogP contribution in [0.5, 0.6) is 0 Å². The molecule has 154 valence electrons. The van der Waals surface area contributed by atoms with E-state index in [9.17, 15) is 8.78 Å². The topological polar surface area (TPSA) is 101 Å². The van der Waals surface area contributed by atoms with Gasteiger partial charge in [0.2, 0.25) is 5.95 Å². The Morgan fingerprint density at radius 2 is 2.06 bits per heavy atom. The fourth-order valence-corrected chi connectivity index (χ4v) is 3.88. The van der Waals surface area contributed by atoms with E-state index in [1.165, 1.54) is 22.7 Å². The molecule has 5 aromatic rings. The van der Waals surface area contributed by atoms with Crippen LogP contribution in [0.25, 0.3) is 17.1 Å². The largest absolute Gasteiger partial charge is 0.402 e. The van der Waals surface area contributed by atoms with Gasteiger partial charge >= 0.3 is 6.01 Å². The standard InChI is InChI=1S/C20H14F2N8O/c21-11-3-2-7-30-15(11)9-14(28-30)18-17-12(23-10-24-17)6-8-29(18)20-27-26-19(31-20)13-4-1-5-16(22)25-13/h1-5,7,9-10,18H,6,8H2,(H,23,24)/t18-/m0/s1. The van der Waals surface area contributed by atoms with Crippen molar-refractivity contribution in [3.05, 3.63) is 77.8 Å². The molecule has 0 aromatic carbocycles. The van der Waals surface area contributed by atoms with Crippen LogP contribution in [-0.4, -0.2) is 41.3 Å². The lowest BCUT2D eigenvalue weighted by Crippen LogP contribution is -2.36. The molecule has 1 atom stereocenters. The zero-order valence-corrected chi connectivity index (χ0v) is 15.9. The van der Waals surface area contributed by atoms with E-state index >= 15 is 0 Å². The Morgan fingerprint density at radius 1 is 1.13 bits per heavy atom. The molecular weight excluding hydrogens is 406 g/mol. The number of hydrogen-bond acceptors (Lipinski definition) is 7. The van der Waals surface area contributed by atoms with Gasteiger partial charge in [-0.1, -0.05) is 11.2 Å². The number of fused-ring (bicyclic) bond motifs is 2. The first-order chi connectivity index (χ1) is 15.2. The van der Waals surface area contributed by atoms with Gasteiger partial charge in [-0.25, -0.2) is 18.9 Å². The lowest BCUT2D eigenvalue weighted by atomic mass is 10.0. The molecule has 1 N–H and O–H groups in total. The normalized spacial score (nSPS) is 16.1. The summed E-state index contributed by atoms with van der Waals surface area (Å²) in [5.74, 6) is -0.911. The SMILES string of the molecule is Fc1cccc(-c2nnc(N3CCc4[nH]cnc4[C@@H]3c3cc4c(F)cccn4n3)o2)n1. The summed E-state index contributed by atoms with van der Waals surface area (Å²) in [6.07, 6.45) is 3.97. The summed E-state index contributed by atoms with van der Waals surface area (Å²) in [6.45, 7) is 0.536. The number of aromatic nitrogens is 7. The van der Waals surface area contributed by atoms with Gasteiger partial charge in [0.05, 0.1) is 17.7 Å². The van der Waals surface area contributed by atoms with E-state index in [2.05, 4.69) is 30.2 Å². The van der Waals surface area contributed by atoms with Crippen LogP contribution < -0.4 is 4.90 Å². The fourth-order valence-electron chi connectivity index (χ4n) is 3.88. The first kappa shape index (κ1) is 17.7. The molecule has 0 fully saturated rings. The van der Waals surface area contributed by atoms with E-state index in [4.69, 9.17) is 4.42 Å². The second-order valence-electron chi connectivity index (χ2n) is 7.10. The van der Waals surface area contributed by atoms with Crippen LogP contribution in [-0.2, 0) is 6.42 Å². The van der Waals surface area contributed by atoms with Crippen molar-refractivity contribution in [1.29, 1.82) is 0 Å². The highest BCUT2D eigenvalue weighted by Gasteiger charge is 2.36. The summed E-state index contributed by atoms with van der Waals surface area (Å²) < 4.78 is 35.1. The van der Waals surface area contributed by atoms with Gasteiger partial charge in [-0.15, -0.1) is 5.10 Å². The lowest BCUT2D eigenvalue weighted by Gasteiger charge is -2.32. The number of hydrogen-bond donors (Lipinski definition) is 1. The lowest BCUT2D eigenvalue weighted by molar-refractivity contribution is 0.501. The average molecular weight is 420 g/mol. The van der Waals surface area contributed by atoms with Gasteiger partial charge in [0, 0.05) is 24.9 Å².